The minimum absolute atomic E-state index is 0.0606. The van der Waals surface area contributed by atoms with E-state index in [1.54, 1.807) is 6.07 Å². The fourth-order valence-electron chi connectivity index (χ4n) is 2.41. The lowest BCUT2D eigenvalue weighted by atomic mass is 10.0. The zero-order valence-electron chi connectivity index (χ0n) is 12.0. The molecule has 0 aliphatic heterocycles. The lowest BCUT2D eigenvalue weighted by molar-refractivity contribution is 0.506. The Kier molecular flexibility index (Phi) is 4.78. The summed E-state index contributed by atoms with van der Waals surface area (Å²) in [5, 5.41) is 7.97. The van der Waals surface area contributed by atoms with Crippen molar-refractivity contribution in [1.82, 2.24) is 15.1 Å². The average molecular weight is 296 g/mol. The van der Waals surface area contributed by atoms with Crippen molar-refractivity contribution in [3.63, 3.8) is 0 Å². The first kappa shape index (κ1) is 15.0. The number of nitrogens with one attached hydrogen (secondary N) is 1. The molecule has 2 aromatic rings. The molecule has 0 aliphatic rings. The molecular formula is C15H19ClFN3. The van der Waals surface area contributed by atoms with Crippen molar-refractivity contribution in [1.29, 1.82) is 0 Å². The van der Waals surface area contributed by atoms with Crippen LogP contribution in [-0.4, -0.2) is 16.3 Å². The smallest absolute Gasteiger partial charge is 0.142 e. The van der Waals surface area contributed by atoms with Crippen LogP contribution < -0.4 is 5.32 Å². The quantitative estimate of drug-likeness (QED) is 0.916. The average Bonchev–Trinajstić information content (AvgIpc) is 2.73. The third-order valence-electron chi connectivity index (χ3n) is 3.30. The second kappa shape index (κ2) is 6.37. The van der Waals surface area contributed by atoms with Crippen molar-refractivity contribution in [2.45, 2.75) is 26.3 Å². The summed E-state index contributed by atoms with van der Waals surface area (Å²) in [6, 6.07) is 7.03. The van der Waals surface area contributed by atoms with E-state index in [4.69, 9.17) is 11.6 Å². The summed E-state index contributed by atoms with van der Waals surface area (Å²) < 4.78 is 15.4. The molecule has 2 rings (SSSR count). The van der Waals surface area contributed by atoms with Crippen LogP contribution >= 0.6 is 11.6 Å². The van der Waals surface area contributed by atoms with Gasteiger partial charge in [-0.25, -0.2) is 4.39 Å². The van der Waals surface area contributed by atoms with Crippen LogP contribution in [0.25, 0.3) is 0 Å². The van der Waals surface area contributed by atoms with Crippen LogP contribution in [0.4, 0.5) is 4.39 Å². The number of hydrogen-bond acceptors (Lipinski definition) is 2. The predicted molar refractivity (Wildman–Crippen MR) is 79.5 cm³/mol. The first-order chi connectivity index (χ1) is 9.52. The minimum atomic E-state index is -0.374. The Labute approximate surface area is 123 Å². The molecule has 0 fully saturated rings. The van der Waals surface area contributed by atoms with Gasteiger partial charge < -0.3 is 5.32 Å². The molecule has 1 heterocycles. The van der Waals surface area contributed by atoms with Gasteiger partial charge in [-0.3, -0.25) is 4.68 Å². The van der Waals surface area contributed by atoms with Crippen molar-refractivity contribution in [3.8, 4) is 0 Å². The summed E-state index contributed by atoms with van der Waals surface area (Å²) in [6.07, 6.45) is 0.628. The fraction of sp³-hybridized carbons (Fsp3) is 0.400. The van der Waals surface area contributed by atoms with Gasteiger partial charge in [0.1, 0.15) is 5.82 Å². The Morgan fingerprint density at radius 3 is 2.80 bits per heavy atom. The van der Waals surface area contributed by atoms with Gasteiger partial charge in [0.25, 0.3) is 0 Å². The number of halogens is 2. The maximum absolute atomic E-state index is 13.5. The highest BCUT2D eigenvalue weighted by Gasteiger charge is 2.18. The first-order valence-corrected chi connectivity index (χ1v) is 7.07. The van der Waals surface area contributed by atoms with E-state index in [0.29, 0.717) is 6.42 Å². The second-order valence-corrected chi connectivity index (χ2v) is 5.24. The summed E-state index contributed by atoms with van der Waals surface area (Å²) in [6.45, 7) is 4.83. The number of hydrogen-bond donors (Lipinski definition) is 1. The van der Waals surface area contributed by atoms with E-state index in [-0.39, 0.29) is 16.9 Å². The molecule has 0 bridgehead atoms. The number of nitrogens with zero attached hydrogens (tertiary/aromatic N) is 2. The van der Waals surface area contributed by atoms with E-state index in [1.807, 2.05) is 37.7 Å². The number of benzene rings is 1. The van der Waals surface area contributed by atoms with Crippen molar-refractivity contribution >= 4 is 11.6 Å². The highest BCUT2D eigenvalue weighted by molar-refractivity contribution is 6.31. The number of aryl methyl sites for hydroxylation is 2. The van der Waals surface area contributed by atoms with Gasteiger partial charge in [0.2, 0.25) is 0 Å². The molecule has 0 saturated carbocycles. The summed E-state index contributed by atoms with van der Waals surface area (Å²) >= 11 is 6.04. The maximum Gasteiger partial charge on any atom is 0.142 e. The van der Waals surface area contributed by atoms with Crippen LogP contribution in [0.3, 0.4) is 0 Å². The Morgan fingerprint density at radius 2 is 2.20 bits per heavy atom. The molecule has 0 saturated heterocycles. The molecule has 0 radical (unpaired) electrons. The lowest BCUT2D eigenvalue weighted by Crippen LogP contribution is -2.25. The van der Waals surface area contributed by atoms with Crippen molar-refractivity contribution < 1.29 is 4.39 Å². The van der Waals surface area contributed by atoms with Gasteiger partial charge in [-0.05, 0) is 37.6 Å². The molecule has 0 aliphatic carbocycles. The summed E-state index contributed by atoms with van der Waals surface area (Å²) in [5.74, 6) is -0.374. The van der Waals surface area contributed by atoms with Crippen LogP contribution in [0, 0.1) is 12.7 Å². The predicted octanol–water partition coefficient (Wildman–Crippen LogP) is 3.41. The maximum atomic E-state index is 13.5. The zero-order valence-corrected chi connectivity index (χ0v) is 12.7. The zero-order chi connectivity index (χ0) is 14.7. The topological polar surface area (TPSA) is 29.9 Å². The van der Waals surface area contributed by atoms with E-state index in [9.17, 15) is 4.39 Å². The molecular weight excluding hydrogens is 277 g/mol. The summed E-state index contributed by atoms with van der Waals surface area (Å²) in [4.78, 5) is 0. The van der Waals surface area contributed by atoms with Gasteiger partial charge in [0.05, 0.1) is 22.5 Å². The van der Waals surface area contributed by atoms with Crippen LogP contribution in [-0.2, 0) is 13.5 Å². The highest BCUT2D eigenvalue weighted by atomic mass is 35.5. The monoisotopic (exact) mass is 295 g/mol. The number of rotatable bonds is 5. The van der Waals surface area contributed by atoms with E-state index >= 15 is 0 Å². The van der Waals surface area contributed by atoms with Crippen molar-refractivity contribution in [2.24, 2.45) is 7.05 Å². The van der Waals surface area contributed by atoms with E-state index < -0.39 is 0 Å². The van der Waals surface area contributed by atoms with Crippen LogP contribution in [0.5, 0.6) is 0 Å². The van der Waals surface area contributed by atoms with Gasteiger partial charge in [0, 0.05) is 7.05 Å². The normalized spacial score (nSPS) is 12.7. The Morgan fingerprint density at radius 1 is 1.45 bits per heavy atom. The molecule has 1 atom stereocenters. The van der Waals surface area contributed by atoms with Crippen molar-refractivity contribution in [2.75, 3.05) is 6.54 Å². The fourth-order valence-corrected chi connectivity index (χ4v) is 2.61. The Hall–Kier alpha value is -1.39. The molecule has 1 aromatic heterocycles. The molecule has 1 aromatic carbocycles. The number of likely N-dealkylation sites (N-methyl/N-ethyl adjacent to an activating group) is 1. The van der Waals surface area contributed by atoms with Crippen LogP contribution in [0.2, 0.25) is 5.02 Å². The van der Waals surface area contributed by atoms with E-state index in [1.165, 1.54) is 6.07 Å². The lowest BCUT2D eigenvalue weighted by Gasteiger charge is -2.19. The van der Waals surface area contributed by atoms with Crippen LogP contribution in [0.1, 0.15) is 29.9 Å². The van der Waals surface area contributed by atoms with Gasteiger partial charge >= 0.3 is 0 Å². The Balaban J connectivity index is 2.30. The molecule has 20 heavy (non-hydrogen) atoms. The molecule has 1 unspecified atom stereocenters. The first-order valence-electron chi connectivity index (χ1n) is 6.69. The van der Waals surface area contributed by atoms with Crippen molar-refractivity contribution in [3.05, 3.63) is 52.1 Å². The van der Waals surface area contributed by atoms with Gasteiger partial charge in [-0.2, -0.15) is 5.10 Å². The van der Waals surface area contributed by atoms with E-state index in [2.05, 4.69) is 10.4 Å². The van der Waals surface area contributed by atoms with Gasteiger partial charge in [0.15, 0.2) is 0 Å². The minimum Gasteiger partial charge on any atom is -0.309 e. The number of aromatic nitrogens is 2. The van der Waals surface area contributed by atoms with Crippen LogP contribution in [0.15, 0.2) is 24.3 Å². The molecule has 5 heteroatoms. The highest BCUT2D eigenvalue weighted by Crippen LogP contribution is 2.25. The van der Waals surface area contributed by atoms with Gasteiger partial charge in [-0.15, -0.1) is 0 Å². The SMILES string of the molecule is CCNC(Cc1cccc(F)c1Cl)c1cc(C)nn1C. The molecule has 0 spiro atoms. The van der Waals surface area contributed by atoms with Gasteiger partial charge in [-0.1, -0.05) is 30.7 Å². The third-order valence-corrected chi connectivity index (χ3v) is 3.72. The molecule has 1 N–H and O–H groups in total. The Bertz CT molecular complexity index is 595. The molecule has 0 amide bonds. The molecule has 3 nitrogen and oxygen atoms in total. The summed E-state index contributed by atoms with van der Waals surface area (Å²) in [5.41, 5.74) is 2.84. The summed E-state index contributed by atoms with van der Waals surface area (Å²) in [7, 11) is 1.92. The largest absolute Gasteiger partial charge is 0.309 e. The second-order valence-electron chi connectivity index (χ2n) is 4.86. The standard InChI is InChI=1S/C15H19ClFN3/c1-4-18-13(14-8-10(2)19-20(14)3)9-11-6-5-7-12(17)15(11)16/h5-8,13,18H,4,9H2,1-3H3. The molecule has 108 valence electrons. The third kappa shape index (κ3) is 3.19. The van der Waals surface area contributed by atoms with E-state index in [0.717, 1.165) is 23.5 Å².